The number of sulfone groups is 1. The number of nitrogens with two attached hydrogens (primary N) is 2. The van der Waals surface area contributed by atoms with Crippen molar-refractivity contribution in [2.24, 2.45) is 11.7 Å². The summed E-state index contributed by atoms with van der Waals surface area (Å²) >= 11 is 0. The zero-order valence-electron chi connectivity index (χ0n) is 21.7. The van der Waals surface area contributed by atoms with Gasteiger partial charge in [-0.3, -0.25) is 4.98 Å². The van der Waals surface area contributed by atoms with Gasteiger partial charge >= 0.3 is 6.03 Å². The quantitative estimate of drug-likeness (QED) is 0.375. The lowest BCUT2D eigenvalue weighted by Gasteiger charge is -2.38. The van der Waals surface area contributed by atoms with Gasteiger partial charge in [0.25, 0.3) is 0 Å². The van der Waals surface area contributed by atoms with Gasteiger partial charge in [0.2, 0.25) is 0 Å². The number of carbonyl (C=O) groups excluding carboxylic acids is 1. The van der Waals surface area contributed by atoms with Crippen LogP contribution in [-0.2, 0) is 16.3 Å². The van der Waals surface area contributed by atoms with Gasteiger partial charge in [0.15, 0.2) is 15.5 Å². The SMILES string of the molecule is CS(=O)(=O)c1c(CCC2CC3CCC(C2)N3C(N)=O)nc2c(-c3ccc(-c4ccccc4)nc3)cnn2c1N. The van der Waals surface area contributed by atoms with E-state index in [4.69, 9.17) is 16.5 Å². The predicted molar refractivity (Wildman–Crippen MR) is 148 cm³/mol. The van der Waals surface area contributed by atoms with Crippen LogP contribution in [0.5, 0.6) is 0 Å². The van der Waals surface area contributed by atoms with Crippen LogP contribution >= 0.6 is 0 Å². The molecule has 2 fully saturated rings. The van der Waals surface area contributed by atoms with Crippen LogP contribution in [-0.4, -0.2) is 57.3 Å². The van der Waals surface area contributed by atoms with Gasteiger partial charge in [-0.1, -0.05) is 36.4 Å². The number of aromatic nitrogens is 4. The number of rotatable bonds is 6. The second-order valence-electron chi connectivity index (χ2n) is 10.6. The van der Waals surface area contributed by atoms with Crippen molar-refractivity contribution in [2.45, 2.75) is 55.5 Å². The first kappa shape index (κ1) is 25.3. The lowest BCUT2D eigenvalue weighted by Crippen LogP contribution is -2.49. The first-order chi connectivity index (χ1) is 18.7. The number of fused-ring (bicyclic) bond motifs is 3. The maximum Gasteiger partial charge on any atom is 0.315 e. The van der Waals surface area contributed by atoms with Crippen molar-refractivity contribution < 1.29 is 13.2 Å². The molecule has 4 N–H and O–H groups in total. The summed E-state index contributed by atoms with van der Waals surface area (Å²) in [4.78, 5) is 23.2. The van der Waals surface area contributed by atoms with Crippen LogP contribution in [0.3, 0.4) is 0 Å². The van der Waals surface area contributed by atoms with Gasteiger partial charge in [0, 0.05) is 41.2 Å². The number of amides is 2. The molecule has 2 unspecified atom stereocenters. The number of primary amides is 1. The summed E-state index contributed by atoms with van der Waals surface area (Å²) in [5, 5.41) is 4.38. The third-order valence-electron chi connectivity index (χ3n) is 8.10. The number of pyridine rings is 1. The molecule has 4 aromatic rings. The summed E-state index contributed by atoms with van der Waals surface area (Å²) in [7, 11) is -3.66. The van der Waals surface area contributed by atoms with Gasteiger partial charge in [0.1, 0.15) is 10.7 Å². The lowest BCUT2D eigenvalue weighted by atomic mass is 9.87. The van der Waals surface area contributed by atoms with Crippen LogP contribution < -0.4 is 11.5 Å². The third-order valence-corrected chi connectivity index (χ3v) is 9.28. The van der Waals surface area contributed by atoms with Crippen molar-refractivity contribution in [1.29, 1.82) is 0 Å². The predicted octanol–water partition coefficient (Wildman–Crippen LogP) is 3.70. The molecular weight excluding hydrogens is 514 g/mol. The minimum atomic E-state index is -3.66. The molecule has 0 aliphatic carbocycles. The zero-order chi connectivity index (χ0) is 27.3. The highest BCUT2D eigenvalue weighted by Crippen LogP contribution is 2.40. The molecule has 11 heteroatoms. The summed E-state index contributed by atoms with van der Waals surface area (Å²) in [6, 6.07) is 13.8. The number of nitrogen functional groups attached to an aromatic ring is 1. The standard InChI is InChI=1S/C28H31N7O3S/c1-39(37,38)25-24(11-7-17-13-20-9-10-21(14-17)34(20)28(30)36)33-27-22(16-32-35(27)26(25)29)19-8-12-23(31-15-19)18-5-3-2-4-6-18/h2-6,8,12,15-17,20-21H,7,9-11,13-14,29H2,1H3,(H2,30,36). The first-order valence-corrected chi connectivity index (χ1v) is 15.1. The van der Waals surface area contributed by atoms with Gasteiger partial charge in [-0.25, -0.2) is 18.2 Å². The average molecular weight is 546 g/mol. The molecule has 3 aromatic heterocycles. The van der Waals surface area contributed by atoms with Crippen LogP contribution in [0, 0.1) is 5.92 Å². The Hall–Kier alpha value is -3.99. The lowest BCUT2D eigenvalue weighted by molar-refractivity contribution is 0.125. The molecule has 10 nitrogen and oxygen atoms in total. The number of hydrogen-bond donors (Lipinski definition) is 2. The van der Waals surface area contributed by atoms with Gasteiger partial charge in [0.05, 0.1) is 17.6 Å². The van der Waals surface area contributed by atoms with E-state index in [2.05, 4.69) is 10.1 Å². The maximum atomic E-state index is 12.8. The minimum absolute atomic E-state index is 0.0275. The molecule has 2 aliphatic rings. The minimum Gasteiger partial charge on any atom is -0.382 e. The molecule has 202 valence electrons. The average Bonchev–Trinajstić information content (AvgIpc) is 3.46. The molecule has 1 aromatic carbocycles. The highest BCUT2D eigenvalue weighted by Gasteiger charge is 2.42. The Bertz CT molecular complexity index is 1640. The van der Waals surface area contributed by atoms with Crippen molar-refractivity contribution in [3.8, 4) is 22.4 Å². The van der Waals surface area contributed by atoms with E-state index in [1.807, 2.05) is 47.4 Å². The summed E-state index contributed by atoms with van der Waals surface area (Å²) in [6.45, 7) is 0. The number of nitrogens with zero attached hydrogens (tertiary/aromatic N) is 5. The Morgan fingerprint density at radius 2 is 1.74 bits per heavy atom. The van der Waals surface area contributed by atoms with Gasteiger partial charge in [-0.15, -0.1) is 0 Å². The zero-order valence-corrected chi connectivity index (χ0v) is 22.5. The summed E-state index contributed by atoms with van der Waals surface area (Å²) < 4.78 is 27.0. The second-order valence-corrected chi connectivity index (χ2v) is 12.6. The topological polar surface area (TPSA) is 150 Å². The van der Waals surface area contributed by atoms with E-state index in [1.54, 1.807) is 12.4 Å². The fraction of sp³-hybridized carbons (Fsp3) is 0.357. The van der Waals surface area contributed by atoms with E-state index in [0.717, 1.165) is 60.7 Å². The van der Waals surface area contributed by atoms with Crippen LogP contribution in [0.25, 0.3) is 28.0 Å². The van der Waals surface area contributed by atoms with Crippen molar-refractivity contribution in [3.63, 3.8) is 0 Å². The highest BCUT2D eigenvalue weighted by atomic mass is 32.2. The van der Waals surface area contributed by atoms with E-state index < -0.39 is 9.84 Å². The summed E-state index contributed by atoms with van der Waals surface area (Å²) in [5.74, 6) is 0.408. The van der Waals surface area contributed by atoms with Crippen LogP contribution in [0.15, 0.2) is 59.8 Å². The number of urea groups is 1. The molecule has 5 heterocycles. The smallest absolute Gasteiger partial charge is 0.315 e. The number of aryl methyl sites for hydroxylation is 1. The van der Waals surface area contributed by atoms with E-state index >= 15 is 0 Å². The third kappa shape index (κ3) is 4.60. The number of anilines is 1. The van der Waals surface area contributed by atoms with Crippen LogP contribution in [0.2, 0.25) is 0 Å². The Balaban J connectivity index is 1.32. The molecule has 2 aliphatic heterocycles. The number of hydrogen-bond acceptors (Lipinski definition) is 7. The monoisotopic (exact) mass is 545 g/mol. The fourth-order valence-corrected chi connectivity index (χ4v) is 7.43. The van der Waals surface area contributed by atoms with E-state index in [1.165, 1.54) is 4.52 Å². The molecule has 2 saturated heterocycles. The summed E-state index contributed by atoms with van der Waals surface area (Å²) in [6.07, 6.45) is 9.43. The van der Waals surface area contributed by atoms with Crippen LogP contribution in [0.4, 0.5) is 10.6 Å². The molecule has 2 bridgehead atoms. The molecule has 0 saturated carbocycles. The van der Waals surface area contributed by atoms with Gasteiger partial charge < -0.3 is 16.4 Å². The number of benzene rings is 1. The Morgan fingerprint density at radius 3 is 2.36 bits per heavy atom. The Morgan fingerprint density at radius 1 is 1.03 bits per heavy atom. The molecular formula is C28H31N7O3S. The highest BCUT2D eigenvalue weighted by molar-refractivity contribution is 7.91. The van der Waals surface area contributed by atoms with Crippen molar-refractivity contribution in [2.75, 3.05) is 12.0 Å². The molecule has 2 amide bonds. The van der Waals surface area contributed by atoms with E-state index in [0.29, 0.717) is 23.7 Å². The first-order valence-electron chi connectivity index (χ1n) is 13.2. The number of carbonyl (C=O) groups is 1. The van der Waals surface area contributed by atoms with E-state index in [9.17, 15) is 13.2 Å². The summed E-state index contributed by atoms with van der Waals surface area (Å²) in [5.41, 5.74) is 16.4. The van der Waals surface area contributed by atoms with Crippen LogP contribution in [0.1, 0.15) is 37.8 Å². The Labute approximate surface area is 227 Å². The van der Waals surface area contributed by atoms with Crippen molar-refractivity contribution >= 4 is 27.3 Å². The van der Waals surface area contributed by atoms with Crippen molar-refractivity contribution in [3.05, 3.63) is 60.6 Å². The molecule has 39 heavy (non-hydrogen) atoms. The number of piperidine rings is 1. The normalized spacial score (nSPS) is 20.9. The molecule has 0 radical (unpaired) electrons. The van der Waals surface area contributed by atoms with E-state index in [-0.39, 0.29) is 28.8 Å². The van der Waals surface area contributed by atoms with Gasteiger partial charge in [-0.05, 0) is 50.5 Å². The van der Waals surface area contributed by atoms with Crippen molar-refractivity contribution in [1.82, 2.24) is 24.5 Å². The fourth-order valence-electron chi connectivity index (χ4n) is 6.38. The Kier molecular flexibility index (Phi) is 6.25. The maximum absolute atomic E-state index is 12.8. The largest absolute Gasteiger partial charge is 0.382 e. The molecule has 0 spiro atoms. The second kappa shape index (κ2) is 9.64. The molecule has 2 atom stereocenters. The molecule has 6 rings (SSSR count). The van der Waals surface area contributed by atoms with Gasteiger partial charge in [-0.2, -0.15) is 9.61 Å².